The van der Waals surface area contributed by atoms with Gasteiger partial charge in [0.05, 0.1) is 12.7 Å². The fourth-order valence-corrected chi connectivity index (χ4v) is 2.03. The molecule has 0 unspecified atom stereocenters. The molecule has 1 aromatic carbocycles. The third-order valence-electron chi connectivity index (χ3n) is 3.11. The zero-order valence-electron chi connectivity index (χ0n) is 10.7. The van der Waals surface area contributed by atoms with Gasteiger partial charge in [0.15, 0.2) is 0 Å². The largest absolute Gasteiger partial charge is 0.318 e. The fourth-order valence-electron chi connectivity index (χ4n) is 2.03. The van der Waals surface area contributed by atoms with Gasteiger partial charge in [-0.25, -0.2) is 0 Å². The van der Waals surface area contributed by atoms with Crippen LogP contribution in [0.15, 0.2) is 30.5 Å². The highest BCUT2D eigenvalue weighted by molar-refractivity contribution is 5.68. The highest BCUT2D eigenvalue weighted by Crippen LogP contribution is 2.25. The number of hydrogen-bond acceptors (Lipinski definition) is 2. The molecule has 2 rings (SSSR count). The van der Waals surface area contributed by atoms with Gasteiger partial charge in [0.2, 0.25) is 0 Å². The average Bonchev–Trinajstić information content (AvgIpc) is 2.69. The van der Waals surface area contributed by atoms with Crippen LogP contribution in [0.2, 0.25) is 0 Å². The van der Waals surface area contributed by atoms with Crippen molar-refractivity contribution in [2.45, 2.75) is 20.4 Å². The Kier molecular flexibility index (Phi) is 3.59. The smallest absolute Gasteiger partial charge is 0.0571 e. The summed E-state index contributed by atoms with van der Waals surface area (Å²) < 4.78 is 2.05. The SMILES string of the molecule is CNCCn1ncc(-c2ccccc2C)c1C. The number of nitrogens with zero attached hydrogens (tertiary/aromatic N) is 2. The van der Waals surface area contributed by atoms with Crippen molar-refractivity contribution in [3.63, 3.8) is 0 Å². The van der Waals surface area contributed by atoms with Crippen molar-refractivity contribution in [1.82, 2.24) is 15.1 Å². The topological polar surface area (TPSA) is 29.9 Å². The quantitative estimate of drug-likeness (QED) is 0.872. The van der Waals surface area contributed by atoms with Crippen molar-refractivity contribution in [2.24, 2.45) is 0 Å². The molecule has 0 aliphatic heterocycles. The van der Waals surface area contributed by atoms with Crippen LogP contribution in [-0.2, 0) is 6.54 Å². The molecule has 2 aromatic rings. The zero-order chi connectivity index (χ0) is 12.3. The van der Waals surface area contributed by atoms with Crippen LogP contribution in [0, 0.1) is 13.8 Å². The summed E-state index contributed by atoms with van der Waals surface area (Å²) in [7, 11) is 1.96. The van der Waals surface area contributed by atoms with E-state index in [1.165, 1.54) is 22.4 Å². The van der Waals surface area contributed by atoms with E-state index in [0.29, 0.717) is 0 Å². The number of nitrogens with one attached hydrogen (secondary N) is 1. The lowest BCUT2D eigenvalue weighted by Crippen LogP contribution is -2.16. The van der Waals surface area contributed by atoms with Gasteiger partial charge in [0, 0.05) is 17.8 Å². The van der Waals surface area contributed by atoms with Gasteiger partial charge in [-0.3, -0.25) is 4.68 Å². The number of likely N-dealkylation sites (N-methyl/N-ethyl adjacent to an activating group) is 1. The van der Waals surface area contributed by atoms with E-state index in [4.69, 9.17) is 0 Å². The molecule has 0 fully saturated rings. The van der Waals surface area contributed by atoms with E-state index in [9.17, 15) is 0 Å². The van der Waals surface area contributed by atoms with Crippen LogP contribution in [0.4, 0.5) is 0 Å². The van der Waals surface area contributed by atoms with Crippen molar-refractivity contribution >= 4 is 0 Å². The van der Waals surface area contributed by atoms with E-state index in [1.807, 2.05) is 13.2 Å². The summed E-state index contributed by atoms with van der Waals surface area (Å²) in [5.41, 5.74) is 5.04. The van der Waals surface area contributed by atoms with Gasteiger partial charge >= 0.3 is 0 Å². The fraction of sp³-hybridized carbons (Fsp3) is 0.357. The normalized spacial score (nSPS) is 10.8. The maximum atomic E-state index is 4.45. The minimum atomic E-state index is 0.911. The number of benzene rings is 1. The minimum Gasteiger partial charge on any atom is -0.318 e. The number of hydrogen-bond donors (Lipinski definition) is 1. The van der Waals surface area contributed by atoms with Gasteiger partial charge in [-0.15, -0.1) is 0 Å². The Bertz CT molecular complexity index is 500. The molecule has 1 N–H and O–H groups in total. The van der Waals surface area contributed by atoms with Gasteiger partial charge < -0.3 is 5.32 Å². The molecule has 0 radical (unpaired) electrons. The van der Waals surface area contributed by atoms with E-state index in [1.54, 1.807) is 0 Å². The van der Waals surface area contributed by atoms with Gasteiger partial charge in [0.25, 0.3) is 0 Å². The Balaban J connectivity index is 2.34. The third-order valence-corrected chi connectivity index (χ3v) is 3.11. The molecule has 0 bridgehead atoms. The van der Waals surface area contributed by atoms with Gasteiger partial charge in [-0.1, -0.05) is 24.3 Å². The summed E-state index contributed by atoms with van der Waals surface area (Å²) in [6, 6.07) is 8.44. The molecule has 3 heteroatoms. The predicted molar refractivity (Wildman–Crippen MR) is 71.1 cm³/mol. The maximum Gasteiger partial charge on any atom is 0.0571 e. The predicted octanol–water partition coefficient (Wildman–Crippen LogP) is 2.39. The number of aryl methyl sites for hydroxylation is 1. The van der Waals surface area contributed by atoms with Crippen molar-refractivity contribution in [2.75, 3.05) is 13.6 Å². The first-order valence-corrected chi connectivity index (χ1v) is 5.97. The molecule has 0 aliphatic carbocycles. The molecule has 17 heavy (non-hydrogen) atoms. The van der Waals surface area contributed by atoms with E-state index < -0.39 is 0 Å². The molecule has 1 heterocycles. The van der Waals surface area contributed by atoms with Crippen LogP contribution in [0.3, 0.4) is 0 Å². The second-order valence-electron chi connectivity index (χ2n) is 4.29. The molecule has 0 spiro atoms. The Labute approximate surface area is 102 Å². The molecule has 1 aromatic heterocycles. The van der Waals surface area contributed by atoms with Crippen LogP contribution < -0.4 is 5.32 Å². The van der Waals surface area contributed by atoms with Crippen molar-refractivity contribution < 1.29 is 0 Å². The summed E-state index contributed by atoms with van der Waals surface area (Å²) in [6.07, 6.45) is 1.97. The highest BCUT2D eigenvalue weighted by Gasteiger charge is 2.09. The van der Waals surface area contributed by atoms with Gasteiger partial charge in [-0.2, -0.15) is 5.10 Å². The molecular formula is C14H19N3. The van der Waals surface area contributed by atoms with E-state index in [-0.39, 0.29) is 0 Å². The van der Waals surface area contributed by atoms with Crippen LogP contribution in [-0.4, -0.2) is 23.4 Å². The molecule has 0 amide bonds. The molecular weight excluding hydrogens is 210 g/mol. The molecule has 0 saturated carbocycles. The zero-order valence-corrected chi connectivity index (χ0v) is 10.7. The Morgan fingerprint density at radius 2 is 1.94 bits per heavy atom. The lowest BCUT2D eigenvalue weighted by Gasteiger charge is -2.07. The van der Waals surface area contributed by atoms with Crippen LogP contribution in [0.5, 0.6) is 0 Å². The third kappa shape index (κ3) is 2.39. The minimum absolute atomic E-state index is 0.911. The van der Waals surface area contributed by atoms with E-state index in [2.05, 4.69) is 53.2 Å². The Hall–Kier alpha value is -1.61. The van der Waals surface area contributed by atoms with Crippen molar-refractivity contribution in [3.8, 4) is 11.1 Å². The maximum absolute atomic E-state index is 4.45. The summed E-state index contributed by atoms with van der Waals surface area (Å²) >= 11 is 0. The second kappa shape index (κ2) is 5.15. The molecule has 0 saturated heterocycles. The summed E-state index contributed by atoms with van der Waals surface area (Å²) in [5, 5.41) is 7.59. The lowest BCUT2D eigenvalue weighted by molar-refractivity contribution is 0.572. The first kappa shape index (κ1) is 11.9. The van der Waals surface area contributed by atoms with E-state index in [0.717, 1.165) is 13.1 Å². The van der Waals surface area contributed by atoms with Gasteiger partial charge in [-0.05, 0) is 32.0 Å². The summed E-state index contributed by atoms with van der Waals surface area (Å²) in [5.74, 6) is 0. The molecule has 3 nitrogen and oxygen atoms in total. The highest BCUT2D eigenvalue weighted by atomic mass is 15.3. The lowest BCUT2D eigenvalue weighted by atomic mass is 10.0. The van der Waals surface area contributed by atoms with Crippen molar-refractivity contribution in [1.29, 1.82) is 0 Å². The summed E-state index contributed by atoms with van der Waals surface area (Å²) in [4.78, 5) is 0. The first-order chi connectivity index (χ1) is 8.24. The van der Waals surface area contributed by atoms with Crippen LogP contribution in [0.25, 0.3) is 11.1 Å². The van der Waals surface area contributed by atoms with E-state index >= 15 is 0 Å². The second-order valence-corrected chi connectivity index (χ2v) is 4.29. The average molecular weight is 229 g/mol. The Morgan fingerprint density at radius 3 is 2.65 bits per heavy atom. The molecule has 90 valence electrons. The van der Waals surface area contributed by atoms with Crippen LogP contribution in [0.1, 0.15) is 11.3 Å². The van der Waals surface area contributed by atoms with Gasteiger partial charge in [0.1, 0.15) is 0 Å². The first-order valence-electron chi connectivity index (χ1n) is 5.97. The number of rotatable bonds is 4. The molecule has 0 atom stereocenters. The van der Waals surface area contributed by atoms with Crippen molar-refractivity contribution in [3.05, 3.63) is 41.7 Å². The standard InChI is InChI=1S/C14H19N3/c1-11-6-4-5-7-13(11)14-10-16-17(12(14)2)9-8-15-3/h4-7,10,15H,8-9H2,1-3H3. The number of aromatic nitrogens is 2. The summed E-state index contributed by atoms with van der Waals surface area (Å²) in [6.45, 7) is 6.12. The monoisotopic (exact) mass is 229 g/mol. The van der Waals surface area contributed by atoms with Crippen LogP contribution >= 0.6 is 0 Å². The Morgan fingerprint density at radius 1 is 1.18 bits per heavy atom. The molecule has 0 aliphatic rings.